The fraction of sp³-hybridized carbons (Fsp3) is 0.0667. The van der Waals surface area contributed by atoms with Crippen LogP contribution in [0.25, 0.3) is 22.6 Å². The lowest BCUT2D eigenvalue weighted by atomic mass is 10.1. The maximum Gasteiger partial charge on any atom is 0.335 e. The largest absolute Gasteiger partial charge is 0.478 e. The first kappa shape index (κ1) is 11.5. The van der Waals surface area contributed by atoms with Crippen molar-refractivity contribution >= 4 is 17.1 Å². The molecule has 19 heavy (non-hydrogen) atoms. The highest BCUT2D eigenvalue weighted by Crippen LogP contribution is 2.26. The van der Waals surface area contributed by atoms with E-state index in [2.05, 4.69) is 4.98 Å². The van der Waals surface area contributed by atoms with E-state index in [1.54, 1.807) is 24.3 Å². The summed E-state index contributed by atoms with van der Waals surface area (Å²) in [5.41, 5.74) is 3.60. The van der Waals surface area contributed by atoms with Gasteiger partial charge < -0.3 is 9.52 Å². The van der Waals surface area contributed by atoms with Gasteiger partial charge in [-0.05, 0) is 42.8 Å². The highest BCUT2D eigenvalue weighted by Gasteiger charge is 2.10. The predicted octanol–water partition coefficient (Wildman–Crippen LogP) is 3.50. The summed E-state index contributed by atoms with van der Waals surface area (Å²) < 4.78 is 5.73. The minimum absolute atomic E-state index is 0.246. The Balaban J connectivity index is 2.09. The predicted molar refractivity (Wildman–Crippen MR) is 71.1 cm³/mol. The third-order valence-electron chi connectivity index (χ3n) is 2.99. The van der Waals surface area contributed by atoms with Crippen molar-refractivity contribution < 1.29 is 14.3 Å². The first-order valence-electron chi connectivity index (χ1n) is 5.85. The molecule has 0 aliphatic carbocycles. The number of aromatic carboxylic acids is 1. The van der Waals surface area contributed by atoms with Crippen LogP contribution in [0.3, 0.4) is 0 Å². The van der Waals surface area contributed by atoms with E-state index in [9.17, 15) is 4.79 Å². The number of rotatable bonds is 2. The quantitative estimate of drug-likeness (QED) is 0.759. The second-order valence-corrected chi connectivity index (χ2v) is 4.32. The second kappa shape index (κ2) is 4.24. The van der Waals surface area contributed by atoms with Gasteiger partial charge in [0.15, 0.2) is 5.58 Å². The zero-order valence-corrected chi connectivity index (χ0v) is 10.3. The summed E-state index contributed by atoms with van der Waals surface area (Å²) in [6.07, 6.45) is 0. The fourth-order valence-corrected chi connectivity index (χ4v) is 1.97. The number of carboxylic acids is 1. The summed E-state index contributed by atoms with van der Waals surface area (Å²) in [7, 11) is 0. The van der Waals surface area contributed by atoms with Crippen molar-refractivity contribution in [3.63, 3.8) is 0 Å². The van der Waals surface area contributed by atoms with Gasteiger partial charge in [0.05, 0.1) is 5.56 Å². The van der Waals surface area contributed by atoms with Gasteiger partial charge in [0.2, 0.25) is 5.89 Å². The van der Waals surface area contributed by atoms with Gasteiger partial charge in [-0.1, -0.05) is 12.1 Å². The maximum atomic E-state index is 10.8. The van der Waals surface area contributed by atoms with E-state index in [1.165, 1.54) is 0 Å². The fourth-order valence-electron chi connectivity index (χ4n) is 1.97. The van der Waals surface area contributed by atoms with Crippen LogP contribution < -0.4 is 0 Å². The van der Waals surface area contributed by atoms with Gasteiger partial charge in [-0.25, -0.2) is 9.78 Å². The number of carbonyl (C=O) groups is 1. The molecule has 94 valence electrons. The summed E-state index contributed by atoms with van der Waals surface area (Å²) in [6, 6.07) is 12.3. The number of para-hydroxylation sites is 1. The molecule has 0 saturated carbocycles. The molecule has 4 nitrogen and oxygen atoms in total. The minimum Gasteiger partial charge on any atom is -0.478 e. The number of aryl methyl sites for hydroxylation is 1. The van der Waals surface area contributed by atoms with Gasteiger partial charge in [-0.3, -0.25) is 0 Å². The Bertz CT molecular complexity index is 757. The van der Waals surface area contributed by atoms with E-state index in [-0.39, 0.29) is 5.56 Å². The van der Waals surface area contributed by atoms with E-state index >= 15 is 0 Å². The van der Waals surface area contributed by atoms with Crippen molar-refractivity contribution in [2.75, 3.05) is 0 Å². The molecule has 0 aliphatic rings. The lowest BCUT2D eigenvalue weighted by Crippen LogP contribution is -1.94. The van der Waals surface area contributed by atoms with Gasteiger partial charge in [-0.15, -0.1) is 0 Å². The van der Waals surface area contributed by atoms with Crippen LogP contribution >= 0.6 is 0 Å². The lowest BCUT2D eigenvalue weighted by molar-refractivity contribution is 0.0697. The van der Waals surface area contributed by atoms with Gasteiger partial charge >= 0.3 is 5.97 Å². The highest BCUT2D eigenvalue weighted by molar-refractivity contribution is 5.88. The zero-order valence-electron chi connectivity index (χ0n) is 10.3. The Morgan fingerprint density at radius 1 is 1.16 bits per heavy atom. The second-order valence-electron chi connectivity index (χ2n) is 4.32. The molecule has 0 spiro atoms. The van der Waals surface area contributed by atoms with Gasteiger partial charge in [0.25, 0.3) is 0 Å². The third kappa shape index (κ3) is 1.97. The van der Waals surface area contributed by atoms with E-state index in [4.69, 9.17) is 9.52 Å². The Kier molecular flexibility index (Phi) is 2.56. The van der Waals surface area contributed by atoms with Crippen LogP contribution in [-0.4, -0.2) is 16.1 Å². The number of hydrogen-bond donors (Lipinski definition) is 1. The van der Waals surface area contributed by atoms with Crippen molar-refractivity contribution in [1.82, 2.24) is 4.98 Å². The van der Waals surface area contributed by atoms with Gasteiger partial charge in [-0.2, -0.15) is 0 Å². The Morgan fingerprint density at radius 3 is 2.53 bits per heavy atom. The molecular weight excluding hydrogens is 242 g/mol. The van der Waals surface area contributed by atoms with Crippen molar-refractivity contribution in [3.8, 4) is 11.5 Å². The molecule has 0 radical (unpaired) electrons. The molecule has 1 heterocycles. The van der Waals surface area contributed by atoms with Crippen molar-refractivity contribution in [2.24, 2.45) is 0 Å². The summed E-state index contributed by atoms with van der Waals surface area (Å²) in [6.45, 7) is 1.96. The molecule has 3 rings (SSSR count). The van der Waals surface area contributed by atoms with E-state index in [1.807, 2.05) is 25.1 Å². The standard InChI is InChI=1S/C15H11NO3/c1-9-3-2-4-12-13(9)19-14(16-12)10-5-7-11(8-6-10)15(17)18/h2-8H,1H3,(H,17,18). The van der Waals surface area contributed by atoms with Crippen LogP contribution in [0.1, 0.15) is 15.9 Å². The normalized spacial score (nSPS) is 10.8. The summed E-state index contributed by atoms with van der Waals surface area (Å²) in [5, 5.41) is 8.86. The van der Waals surface area contributed by atoms with Crippen LogP contribution in [0.5, 0.6) is 0 Å². The summed E-state index contributed by atoms with van der Waals surface area (Å²) in [4.78, 5) is 15.2. The number of hydrogen-bond acceptors (Lipinski definition) is 3. The third-order valence-corrected chi connectivity index (χ3v) is 2.99. The molecule has 0 bridgehead atoms. The number of oxazole rings is 1. The van der Waals surface area contributed by atoms with Crippen molar-refractivity contribution in [3.05, 3.63) is 53.6 Å². The SMILES string of the molecule is Cc1cccc2nc(-c3ccc(C(=O)O)cc3)oc12. The van der Waals surface area contributed by atoms with E-state index in [0.717, 1.165) is 22.2 Å². The zero-order chi connectivity index (χ0) is 13.4. The highest BCUT2D eigenvalue weighted by atomic mass is 16.4. The molecule has 0 amide bonds. The molecule has 0 saturated heterocycles. The number of aromatic nitrogens is 1. The molecule has 3 aromatic rings. The number of carboxylic acid groups (broad SMARTS) is 1. The molecule has 0 unspecified atom stereocenters. The van der Waals surface area contributed by atoms with Crippen LogP contribution in [-0.2, 0) is 0 Å². The monoisotopic (exact) mass is 253 g/mol. The molecule has 1 aromatic heterocycles. The first-order chi connectivity index (χ1) is 9.15. The molecule has 0 fully saturated rings. The molecule has 0 atom stereocenters. The molecule has 2 aromatic carbocycles. The topological polar surface area (TPSA) is 63.3 Å². The Morgan fingerprint density at radius 2 is 1.89 bits per heavy atom. The van der Waals surface area contributed by atoms with Crippen LogP contribution in [0.4, 0.5) is 0 Å². The molecular formula is C15H11NO3. The van der Waals surface area contributed by atoms with Gasteiger partial charge in [0, 0.05) is 5.56 Å². The Hall–Kier alpha value is -2.62. The van der Waals surface area contributed by atoms with Crippen LogP contribution in [0, 0.1) is 6.92 Å². The molecule has 0 aliphatic heterocycles. The maximum absolute atomic E-state index is 10.8. The van der Waals surface area contributed by atoms with E-state index in [0.29, 0.717) is 5.89 Å². The summed E-state index contributed by atoms with van der Waals surface area (Å²) in [5.74, 6) is -0.443. The van der Waals surface area contributed by atoms with Gasteiger partial charge in [0.1, 0.15) is 5.52 Å². The first-order valence-corrected chi connectivity index (χ1v) is 5.85. The minimum atomic E-state index is -0.944. The Labute approximate surface area is 109 Å². The van der Waals surface area contributed by atoms with Crippen LogP contribution in [0.15, 0.2) is 46.9 Å². The van der Waals surface area contributed by atoms with Crippen molar-refractivity contribution in [2.45, 2.75) is 6.92 Å². The summed E-state index contributed by atoms with van der Waals surface area (Å²) >= 11 is 0. The molecule has 4 heteroatoms. The number of benzene rings is 2. The average Bonchev–Trinajstić information content (AvgIpc) is 2.84. The average molecular weight is 253 g/mol. The lowest BCUT2D eigenvalue weighted by Gasteiger charge is -1.96. The number of fused-ring (bicyclic) bond motifs is 1. The van der Waals surface area contributed by atoms with Crippen LogP contribution in [0.2, 0.25) is 0 Å². The smallest absolute Gasteiger partial charge is 0.335 e. The van der Waals surface area contributed by atoms with E-state index < -0.39 is 5.97 Å². The molecule has 1 N–H and O–H groups in total. The van der Waals surface area contributed by atoms with Crippen molar-refractivity contribution in [1.29, 1.82) is 0 Å². The number of nitrogens with zero attached hydrogens (tertiary/aromatic N) is 1.